The number of carbonyl (C=O) groups excluding carboxylic acids is 1. The summed E-state index contributed by atoms with van der Waals surface area (Å²) in [6.07, 6.45) is 1.08. The maximum atomic E-state index is 13.3. The molecule has 7 heteroatoms. The summed E-state index contributed by atoms with van der Waals surface area (Å²) in [5, 5.41) is 14.8. The number of nitrogens with zero attached hydrogens (tertiary/aromatic N) is 1. The molecular weight excluding hydrogens is 376 g/mol. The third kappa shape index (κ3) is 4.31. The molecule has 1 aromatic heterocycles. The second-order valence-electron chi connectivity index (χ2n) is 7.62. The lowest BCUT2D eigenvalue weighted by atomic mass is 9.91. The summed E-state index contributed by atoms with van der Waals surface area (Å²) >= 11 is 0. The van der Waals surface area contributed by atoms with Gasteiger partial charge in [-0.05, 0) is 54.8 Å². The van der Waals surface area contributed by atoms with Crippen molar-refractivity contribution in [3.63, 3.8) is 0 Å². The van der Waals surface area contributed by atoms with Crippen molar-refractivity contribution in [2.75, 3.05) is 13.1 Å². The first-order valence-corrected chi connectivity index (χ1v) is 9.67. The minimum atomic E-state index is -1.48. The van der Waals surface area contributed by atoms with Crippen LogP contribution in [0.1, 0.15) is 24.1 Å². The molecule has 0 spiro atoms. The standard InChI is InChI=1S/C22H23F2N3O2/c23-17-4-2-15(3-5-17)13-27-9-1-8-22(29,21(27)28)14-25-12-19-11-16-10-18(24)6-7-20(16)26-19/h2-7,10-11,25-26,29H,1,8-9,12-14H2/t22-/m0/s1. The zero-order chi connectivity index (χ0) is 20.4. The Kier molecular flexibility index (Phi) is 5.34. The third-order valence-electron chi connectivity index (χ3n) is 5.36. The Labute approximate surface area is 167 Å². The summed E-state index contributed by atoms with van der Waals surface area (Å²) in [6.45, 7) is 1.44. The molecule has 5 nitrogen and oxygen atoms in total. The minimum Gasteiger partial charge on any atom is -0.379 e. The third-order valence-corrected chi connectivity index (χ3v) is 5.36. The number of fused-ring (bicyclic) bond motifs is 1. The molecule has 1 saturated heterocycles. The maximum absolute atomic E-state index is 13.3. The van der Waals surface area contributed by atoms with Gasteiger partial charge in [0.1, 0.15) is 11.6 Å². The van der Waals surface area contributed by atoms with Crippen LogP contribution in [0.5, 0.6) is 0 Å². The fraction of sp³-hybridized carbons (Fsp3) is 0.318. The van der Waals surface area contributed by atoms with Crippen LogP contribution in [0.2, 0.25) is 0 Å². The zero-order valence-corrected chi connectivity index (χ0v) is 15.9. The predicted octanol–water partition coefficient (Wildman–Crippen LogP) is 3.09. The molecule has 2 aromatic carbocycles. The van der Waals surface area contributed by atoms with Crippen LogP contribution in [0, 0.1) is 11.6 Å². The van der Waals surface area contributed by atoms with E-state index in [1.165, 1.54) is 24.3 Å². The molecule has 1 atom stereocenters. The number of aliphatic hydroxyl groups is 1. The van der Waals surface area contributed by atoms with Gasteiger partial charge in [0.05, 0.1) is 0 Å². The Hall–Kier alpha value is -2.77. The van der Waals surface area contributed by atoms with Gasteiger partial charge in [0.25, 0.3) is 5.91 Å². The summed E-state index contributed by atoms with van der Waals surface area (Å²) in [4.78, 5) is 17.7. The van der Waals surface area contributed by atoms with Crippen molar-refractivity contribution < 1.29 is 18.7 Å². The second kappa shape index (κ2) is 7.93. The van der Waals surface area contributed by atoms with Crippen molar-refractivity contribution in [2.24, 2.45) is 0 Å². The molecule has 1 fully saturated rings. The predicted molar refractivity (Wildman–Crippen MR) is 106 cm³/mol. The number of benzene rings is 2. The highest BCUT2D eigenvalue weighted by Crippen LogP contribution is 2.24. The summed E-state index contributed by atoms with van der Waals surface area (Å²) in [5.74, 6) is -0.933. The number of aromatic nitrogens is 1. The molecule has 0 unspecified atom stereocenters. The van der Waals surface area contributed by atoms with Gasteiger partial charge in [-0.25, -0.2) is 8.78 Å². The van der Waals surface area contributed by atoms with Crippen LogP contribution < -0.4 is 5.32 Å². The van der Waals surface area contributed by atoms with Crippen molar-refractivity contribution in [1.29, 1.82) is 0 Å². The van der Waals surface area contributed by atoms with Crippen molar-refractivity contribution in [1.82, 2.24) is 15.2 Å². The van der Waals surface area contributed by atoms with Gasteiger partial charge in [0, 0.05) is 42.8 Å². The molecule has 4 rings (SSSR count). The van der Waals surface area contributed by atoms with Gasteiger partial charge >= 0.3 is 0 Å². The van der Waals surface area contributed by atoms with Crippen molar-refractivity contribution in [2.45, 2.75) is 31.5 Å². The van der Waals surface area contributed by atoms with Crippen LogP contribution in [0.15, 0.2) is 48.5 Å². The molecule has 0 bridgehead atoms. The van der Waals surface area contributed by atoms with Crippen LogP contribution in [0.3, 0.4) is 0 Å². The number of amides is 1. The van der Waals surface area contributed by atoms with Gasteiger partial charge in [0.15, 0.2) is 5.60 Å². The molecule has 1 aliphatic rings. The molecule has 0 aliphatic carbocycles. The Morgan fingerprint density at radius 1 is 1.10 bits per heavy atom. The molecule has 1 aliphatic heterocycles. The first-order chi connectivity index (χ1) is 13.9. The van der Waals surface area contributed by atoms with Crippen LogP contribution in [0.25, 0.3) is 10.9 Å². The van der Waals surface area contributed by atoms with E-state index in [0.717, 1.165) is 22.2 Å². The van der Waals surface area contributed by atoms with E-state index in [4.69, 9.17) is 0 Å². The molecule has 0 saturated carbocycles. The first kappa shape index (κ1) is 19.5. The minimum absolute atomic E-state index is 0.121. The molecule has 152 valence electrons. The van der Waals surface area contributed by atoms with E-state index in [9.17, 15) is 18.7 Å². The topological polar surface area (TPSA) is 68.4 Å². The SMILES string of the molecule is O=C1N(Cc2ccc(F)cc2)CCC[C@]1(O)CNCc1cc2cc(F)ccc2[nH]1. The normalized spacial score (nSPS) is 19.8. The second-order valence-corrected chi connectivity index (χ2v) is 7.62. The van der Waals surface area contributed by atoms with Gasteiger partial charge in [-0.15, -0.1) is 0 Å². The van der Waals surface area contributed by atoms with Gasteiger partial charge in [0.2, 0.25) is 0 Å². The Morgan fingerprint density at radius 2 is 1.86 bits per heavy atom. The highest BCUT2D eigenvalue weighted by atomic mass is 19.1. The van der Waals surface area contributed by atoms with E-state index >= 15 is 0 Å². The number of rotatable bonds is 6. The van der Waals surface area contributed by atoms with Gasteiger partial charge < -0.3 is 20.3 Å². The lowest BCUT2D eigenvalue weighted by Crippen LogP contribution is -2.57. The summed E-state index contributed by atoms with van der Waals surface area (Å²) in [5.41, 5.74) is 1.03. The van der Waals surface area contributed by atoms with E-state index in [1.54, 1.807) is 23.1 Å². The molecule has 1 amide bonds. The molecule has 0 radical (unpaired) electrons. The number of halogens is 2. The number of hydrogen-bond donors (Lipinski definition) is 3. The number of hydrogen-bond acceptors (Lipinski definition) is 3. The lowest BCUT2D eigenvalue weighted by molar-refractivity contribution is -0.157. The Bertz CT molecular complexity index is 1020. The number of aromatic amines is 1. The number of H-pyrrole nitrogens is 1. The van der Waals surface area contributed by atoms with Crippen LogP contribution in [-0.2, 0) is 17.9 Å². The average molecular weight is 399 g/mol. The molecular formula is C22H23F2N3O2. The fourth-order valence-corrected chi connectivity index (χ4v) is 3.85. The van der Waals surface area contributed by atoms with E-state index < -0.39 is 5.60 Å². The zero-order valence-electron chi connectivity index (χ0n) is 15.9. The highest BCUT2D eigenvalue weighted by Gasteiger charge is 2.41. The van der Waals surface area contributed by atoms with Gasteiger partial charge in [-0.3, -0.25) is 4.79 Å². The van der Waals surface area contributed by atoms with Crippen molar-refractivity contribution in [3.05, 3.63) is 71.4 Å². The molecule has 3 N–H and O–H groups in total. The Balaban J connectivity index is 1.37. The van der Waals surface area contributed by atoms with Crippen LogP contribution in [-0.4, -0.2) is 39.6 Å². The van der Waals surface area contributed by atoms with E-state index in [0.29, 0.717) is 32.5 Å². The maximum Gasteiger partial charge on any atom is 0.256 e. The van der Waals surface area contributed by atoms with Gasteiger partial charge in [-0.2, -0.15) is 0 Å². The van der Waals surface area contributed by atoms with Gasteiger partial charge in [-0.1, -0.05) is 12.1 Å². The largest absolute Gasteiger partial charge is 0.379 e. The monoisotopic (exact) mass is 399 g/mol. The van der Waals surface area contributed by atoms with Crippen molar-refractivity contribution >= 4 is 16.8 Å². The first-order valence-electron chi connectivity index (χ1n) is 9.67. The summed E-state index contributed by atoms with van der Waals surface area (Å²) in [7, 11) is 0. The fourth-order valence-electron chi connectivity index (χ4n) is 3.85. The molecule has 3 aromatic rings. The van der Waals surface area contributed by atoms with E-state index in [1.807, 2.05) is 6.07 Å². The van der Waals surface area contributed by atoms with Crippen molar-refractivity contribution in [3.8, 4) is 0 Å². The molecule has 2 heterocycles. The number of likely N-dealkylation sites (tertiary alicyclic amines) is 1. The lowest BCUT2D eigenvalue weighted by Gasteiger charge is -2.38. The smallest absolute Gasteiger partial charge is 0.256 e. The quantitative estimate of drug-likeness (QED) is 0.597. The van der Waals surface area contributed by atoms with E-state index in [2.05, 4.69) is 10.3 Å². The van der Waals surface area contributed by atoms with Crippen LogP contribution in [0.4, 0.5) is 8.78 Å². The average Bonchev–Trinajstić information content (AvgIpc) is 3.09. The number of carbonyl (C=O) groups is 1. The number of piperidine rings is 1. The Morgan fingerprint density at radius 3 is 2.66 bits per heavy atom. The van der Waals surface area contributed by atoms with Crippen LogP contribution >= 0.6 is 0 Å². The molecule has 29 heavy (non-hydrogen) atoms. The highest BCUT2D eigenvalue weighted by molar-refractivity contribution is 5.86. The summed E-state index contributed by atoms with van der Waals surface area (Å²) < 4.78 is 26.4. The summed E-state index contributed by atoms with van der Waals surface area (Å²) in [6, 6.07) is 12.4. The van der Waals surface area contributed by atoms with E-state index in [-0.39, 0.29) is 24.1 Å². The number of nitrogens with one attached hydrogen (secondary N) is 2.